The van der Waals surface area contributed by atoms with Crippen LogP contribution in [0.15, 0.2) is 0 Å². The number of esters is 1. The number of nitrogens with one attached hydrogen (secondary N) is 1. The summed E-state index contributed by atoms with van der Waals surface area (Å²) in [7, 11) is 3.00. The topological polar surface area (TPSA) is 99.2 Å². The van der Waals surface area contributed by atoms with Gasteiger partial charge in [-0.2, -0.15) is 5.10 Å². The van der Waals surface area contributed by atoms with Gasteiger partial charge in [0.15, 0.2) is 0 Å². The second kappa shape index (κ2) is 5.73. The highest BCUT2D eigenvalue weighted by molar-refractivity contribution is 5.99. The molecule has 0 radical (unpaired) electrons. The third-order valence-corrected chi connectivity index (χ3v) is 2.88. The van der Waals surface area contributed by atoms with Crippen molar-refractivity contribution < 1.29 is 14.3 Å². The van der Waals surface area contributed by atoms with E-state index in [2.05, 4.69) is 10.4 Å². The summed E-state index contributed by atoms with van der Waals surface area (Å²) >= 11 is 0. The number of hydrogen-bond donors (Lipinski definition) is 2. The fourth-order valence-electron chi connectivity index (χ4n) is 1.89. The number of anilines is 1. The molecule has 1 aromatic rings. The molecule has 0 aliphatic carbocycles. The van der Waals surface area contributed by atoms with Gasteiger partial charge in [0.05, 0.1) is 12.8 Å². The van der Waals surface area contributed by atoms with Crippen LogP contribution >= 0.6 is 0 Å². The molecule has 0 fully saturated rings. The highest BCUT2D eigenvalue weighted by Gasteiger charge is 2.27. The Morgan fingerprint density at radius 1 is 1.42 bits per heavy atom. The number of primary amides is 1. The van der Waals surface area contributed by atoms with Crippen molar-refractivity contribution in [3.63, 3.8) is 0 Å². The van der Waals surface area contributed by atoms with Gasteiger partial charge in [0, 0.05) is 7.05 Å². The number of aromatic nitrogens is 2. The van der Waals surface area contributed by atoms with Crippen LogP contribution in [0.5, 0.6) is 0 Å². The molecule has 0 bridgehead atoms. The van der Waals surface area contributed by atoms with E-state index in [1.54, 1.807) is 14.0 Å². The summed E-state index contributed by atoms with van der Waals surface area (Å²) in [6.07, 6.45) is 0. The van der Waals surface area contributed by atoms with Crippen LogP contribution in [0.4, 0.5) is 5.82 Å². The number of ether oxygens (including phenoxy) is 1. The van der Waals surface area contributed by atoms with Gasteiger partial charge >= 0.3 is 5.97 Å². The lowest BCUT2D eigenvalue weighted by Gasteiger charge is -2.21. The molecule has 106 valence electrons. The van der Waals surface area contributed by atoms with Crippen LogP contribution < -0.4 is 11.1 Å². The van der Waals surface area contributed by atoms with E-state index in [1.165, 1.54) is 11.8 Å². The molecule has 19 heavy (non-hydrogen) atoms. The predicted octanol–water partition coefficient (Wildman–Crippen LogP) is 0.437. The Morgan fingerprint density at radius 2 is 2.00 bits per heavy atom. The Hall–Kier alpha value is -2.05. The van der Waals surface area contributed by atoms with E-state index < -0.39 is 17.9 Å². The first kappa shape index (κ1) is 15.0. The Bertz CT molecular complexity index is 493. The van der Waals surface area contributed by atoms with Crippen LogP contribution in [-0.2, 0) is 16.6 Å². The summed E-state index contributed by atoms with van der Waals surface area (Å²) < 4.78 is 6.24. The van der Waals surface area contributed by atoms with Crippen LogP contribution in [0.25, 0.3) is 0 Å². The lowest BCUT2D eigenvalue weighted by atomic mass is 10.0. The SMILES string of the molecule is COC(=O)C(Nc1c(C(N)=O)c(C)nn1C)C(C)C. The summed E-state index contributed by atoms with van der Waals surface area (Å²) in [4.78, 5) is 23.2. The van der Waals surface area contributed by atoms with E-state index in [0.717, 1.165) is 0 Å². The minimum absolute atomic E-state index is 0.0108. The zero-order valence-corrected chi connectivity index (χ0v) is 11.9. The van der Waals surface area contributed by atoms with Crippen LogP contribution in [0, 0.1) is 12.8 Å². The van der Waals surface area contributed by atoms with Crippen molar-refractivity contribution in [2.45, 2.75) is 26.8 Å². The molecule has 0 aromatic carbocycles. The van der Waals surface area contributed by atoms with Gasteiger partial charge in [0.1, 0.15) is 17.4 Å². The number of aryl methyl sites for hydroxylation is 2. The third kappa shape index (κ3) is 3.04. The average Bonchev–Trinajstić information content (AvgIpc) is 2.59. The molecule has 1 amide bonds. The van der Waals surface area contributed by atoms with Crippen molar-refractivity contribution in [3.05, 3.63) is 11.3 Å². The Balaban J connectivity index is 3.16. The molecule has 7 nitrogen and oxygen atoms in total. The second-order valence-electron chi connectivity index (χ2n) is 4.69. The van der Waals surface area contributed by atoms with Crippen LogP contribution in [0.2, 0.25) is 0 Å². The number of carbonyl (C=O) groups excluding carboxylic acids is 2. The number of amides is 1. The summed E-state index contributed by atoms with van der Waals surface area (Å²) in [6, 6.07) is -0.571. The van der Waals surface area contributed by atoms with Gasteiger partial charge < -0.3 is 15.8 Å². The van der Waals surface area contributed by atoms with Crippen LogP contribution in [0.3, 0.4) is 0 Å². The van der Waals surface area contributed by atoms with Crippen molar-refractivity contribution in [1.82, 2.24) is 9.78 Å². The van der Waals surface area contributed by atoms with Gasteiger partial charge in [-0.25, -0.2) is 4.79 Å². The van der Waals surface area contributed by atoms with E-state index in [1.807, 2.05) is 13.8 Å². The monoisotopic (exact) mass is 268 g/mol. The largest absolute Gasteiger partial charge is 0.467 e. The fraction of sp³-hybridized carbons (Fsp3) is 0.583. The van der Waals surface area contributed by atoms with Gasteiger partial charge in [-0.05, 0) is 12.8 Å². The summed E-state index contributed by atoms with van der Waals surface area (Å²) in [5, 5.41) is 7.12. The van der Waals surface area contributed by atoms with Crippen molar-refractivity contribution in [2.24, 2.45) is 18.7 Å². The number of hydrogen-bond acceptors (Lipinski definition) is 5. The first-order chi connectivity index (χ1) is 8.79. The van der Waals surface area contributed by atoms with Crippen molar-refractivity contribution in [1.29, 1.82) is 0 Å². The second-order valence-corrected chi connectivity index (χ2v) is 4.69. The molecule has 1 unspecified atom stereocenters. The first-order valence-electron chi connectivity index (χ1n) is 5.97. The molecule has 1 aromatic heterocycles. The maximum Gasteiger partial charge on any atom is 0.328 e. The Labute approximate surface area is 112 Å². The molecule has 0 aliphatic heterocycles. The Kier molecular flexibility index (Phi) is 4.52. The van der Waals surface area contributed by atoms with Gasteiger partial charge in [-0.15, -0.1) is 0 Å². The molecule has 0 aliphatic rings. The third-order valence-electron chi connectivity index (χ3n) is 2.88. The van der Waals surface area contributed by atoms with Gasteiger partial charge in [0.25, 0.3) is 5.91 Å². The van der Waals surface area contributed by atoms with Crippen molar-refractivity contribution in [3.8, 4) is 0 Å². The number of rotatable bonds is 5. The fourth-order valence-corrected chi connectivity index (χ4v) is 1.89. The molecule has 1 rings (SSSR count). The molecule has 3 N–H and O–H groups in total. The number of carbonyl (C=O) groups is 2. The smallest absolute Gasteiger partial charge is 0.328 e. The predicted molar refractivity (Wildman–Crippen MR) is 70.7 cm³/mol. The van der Waals surface area contributed by atoms with E-state index >= 15 is 0 Å². The lowest BCUT2D eigenvalue weighted by molar-refractivity contribution is -0.142. The molecular formula is C12H20N4O3. The molecule has 0 spiro atoms. The van der Waals surface area contributed by atoms with E-state index in [0.29, 0.717) is 11.5 Å². The summed E-state index contributed by atoms with van der Waals surface area (Å²) in [5.74, 6) is -0.567. The number of nitrogens with zero attached hydrogens (tertiary/aromatic N) is 2. The Morgan fingerprint density at radius 3 is 2.42 bits per heavy atom. The summed E-state index contributed by atoms with van der Waals surface area (Å²) in [5.41, 5.74) is 6.15. The van der Waals surface area contributed by atoms with Crippen molar-refractivity contribution in [2.75, 3.05) is 12.4 Å². The molecule has 0 saturated carbocycles. The van der Waals surface area contributed by atoms with E-state index in [9.17, 15) is 9.59 Å². The molecular weight excluding hydrogens is 248 g/mol. The standard InChI is InChI=1S/C12H20N4O3/c1-6(2)9(12(18)19-5)14-11-8(10(13)17)7(3)15-16(11)4/h6,9,14H,1-5H3,(H2,13,17). The summed E-state index contributed by atoms with van der Waals surface area (Å²) in [6.45, 7) is 5.44. The van der Waals surface area contributed by atoms with Crippen LogP contribution in [0.1, 0.15) is 29.9 Å². The quantitative estimate of drug-likeness (QED) is 0.755. The molecule has 0 saturated heterocycles. The maximum absolute atomic E-state index is 11.7. The highest BCUT2D eigenvalue weighted by atomic mass is 16.5. The van der Waals surface area contributed by atoms with E-state index in [4.69, 9.17) is 10.5 Å². The van der Waals surface area contributed by atoms with Gasteiger partial charge in [-0.3, -0.25) is 9.48 Å². The maximum atomic E-state index is 11.7. The minimum atomic E-state index is -0.583. The van der Waals surface area contributed by atoms with E-state index in [-0.39, 0.29) is 11.5 Å². The zero-order chi connectivity index (χ0) is 14.7. The minimum Gasteiger partial charge on any atom is -0.467 e. The average molecular weight is 268 g/mol. The lowest BCUT2D eigenvalue weighted by Crippen LogP contribution is -2.36. The van der Waals surface area contributed by atoms with Crippen molar-refractivity contribution >= 4 is 17.7 Å². The number of nitrogens with two attached hydrogens (primary N) is 1. The molecule has 1 atom stereocenters. The first-order valence-corrected chi connectivity index (χ1v) is 5.97. The molecule has 7 heteroatoms. The molecule has 1 heterocycles. The number of methoxy groups -OCH3 is 1. The van der Waals surface area contributed by atoms with Crippen LogP contribution in [-0.4, -0.2) is 34.8 Å². The van der Waals surface area contributed by atoms with Gasteiger partial charge in [0.2, 0.25) is 0 Å². The van der Waals surface area contributed by atoms with Gasteiger partial charge in [-0.1, -0.05) is 13.8 Å². The normalized spacial score (nSPS) is 12.3. The zero-order valence-electron chi connectivity index (χ0n) is 11.9. The highest BCUT2D eigenvalue weighted by Crippen LogP contribution is 2.21.